The summed E-state index contributed by atoms with van der Waals surface area (Å²) in [4.78, 5) is 16.1. The van der Waals surface area contributed by atoms with Gasteiger partial charge in [-0.05, 0) is 25.5 Å². The first kappa shape index (κ1) is 19.3. The number of hydrogen-bond donors (Lipinski definition) is 2. The first-order valence-corrected chi connectivity index (χ1v) is 10.6. The molecule has 0 aliphatic carbocycles. The summed E-state index contributed by atoms with van der Waals surface area (Å²) < 4.78 is 18.8. The lowest BCUT2D eigenvalue weighted by Crippen LogP contribution is -2.17. The first-order valence-electron chi connectivity index (χ1n) is 8.15. The van der Waals surface area contributed by atoms with Gasteiger partial charge >= 0.3 is 13.5 Å². The van der Waals surface area contributed by atoms with E-state index >= 15 is 0 Å². The normalized spacial score (nSPS) is 13.1. The van der Waals surface area contributed by atoms with E-state index < -0.39 is 13.5 Å². The molecule has 0 bridgehead atoms. The summed E-state index contributed by atoms with van der Waals surface area (Å²) in [6.07, 6.45) is 0. The van der Waals surface area contributed by atoms with Crippen molar-refractivity contribution in [3.8, 4) is 10.6 Å². The van der Waals surface area contributed by atoms with E-state index in [0.29, 0.717) is 10.3 Å². The number of carboxylic acids is 1. The number of nitrogens with zero attached hydrogens (tertiary/aromatic N) is 1. The molecule has 6 nitrogen and oxygen atoms in total. The van der Waals surface area contributed by atoms with Crippen LogP contribution >= 0.6 is 18.9 Å². The molecule has 0 aliphatic heterocycles. The van der Waals surface area contributed by atoms with Crippen molar-refractivity contribution in [2.24, 2.45) is 0 Å². The van der Waals surface area contributed by atoms with Crippen LogP contribution < -0.4 is 10.4 Å². The first-order chi connectivity index (χ1) is 12.8. The Balaban J connectivity index is 2.06. The molecule has 1 heterocycles. The van der Waals surface area contributed by atoms with Crippen molar-refractivity contribution in [3.05, 3.63) is 64.5 Å². The molecule has 0 aliphatic rings. The van der Waals surface area contributed by atoms with Crippen LogP contribution in [0, 0.1) is 13.8 Å². The maximum absolute atomic E-state index is 13.4. The van der Waals surface area contributed by atoms with Crippen LogP contribution in [0.1, 0.15) is 20.8 Å². The molecule has 0 saturated carbocycles. The lowest BCUT2D eigenvalue weighted by Gasteiger charge is -2.20. The molecule has 1 atom stereocenters. The Labute approximate surface area is 161 Å². The van der Waals surface area contributed by atoms with E-state index in [-0.39, 0.29) is 10.7 Å². The van der Waals surface area contributed by atoms with Crippen LogP contribution in [0.3, 0.4) is 0 Å². The fourth-order valence-electron chi connectivity index (χ4n) is 2.72. The van der Waals surface area contributed by atoms with E-state index in [1.54, 1.807) is 6.07 Å². The topological polar surface area (TPSA) is 88.5 Å². The quantitative estimate of drug-likeness (QED) is 0.581. The Morgan fingerprint density at radius 2 is 1.89 bits per heavy atom. The van der Waals surface area contributed by atoms with E-state index in [0.717, 1.165) is 28.0 Å². The van der Waals surface area contributed by atoms with E-state index in [1.165, 1.54) is 7.11 Å². The summed E-state index contributed by atoms with van der Waals surface area (Å²) in [6, 6.07) is 14.7. The van der Waals surface area contributed by atoms with Crippen molar-refractivity contribution in [1.82, 2.24) is 4.98 Å². The second-order valence-corrected chi connectivity index (χ2v) is 9.18. The van der Waals surface area contributed by atoms with Gasteiger partial charge in [0.15, 0.2) is 10.7 Å². The highest BCUT2D eigenvalue weighted by molar-refractivity contribution is 7.68. The molecular formula is C19H19N2O4PS. The second kappa shape index (κ2) is 7.64. The van der Waals surface area contributed by atoms with Crippen LogP contribution in [0.15, 0.2) is 48.5 Å². The molecule has 0 fully saturated rings. The Kier molecular flexibility index (Phi) is 5.46. The van der Waals surface area contributed by atoms with Crippen LogP contribution in [0.4, 0.5) is 5.82 Å². The monoisotopic (exact) mass is 402 g/mol. The van der Waals surface area contributed by atoms with Gasteiger partial charge in [-0.3, -0.25) is 9.65 Å². The van der Waals surface area contributed by atoms with Crippen LogP contribution in [-0.2, 0) is 9.09 Å². The number of hydrogen-bond acceptors (Lipinski definition) is 5. The van der Waals surface area contributed by atoms with Crippen molar-refractivity contribution in [2.45, 2.75) is 13.8 Å². The van der Waals surface area contributed by atoms with E-state index in [9.17, 15) is 14.5 Å². The minimum absolute atomic E-state index is 0.0177. The predicted molar refractivity (Wildman–Crippen MR) is 108 cm³/mol. The number of rotatable bonds is 6. The van der Waals surface area contributed by atoms with Crippen LogP contribution in [0.2, 0.25) is 0 Å². The lowest BCUT2D eigenvalue weighted by atomic mass is 10.2. The van der Waals surface area contributed by atoms with Gasteiger partial charge in [-0.2, -0.15) is 0 Å². The summed E-state index contributed by atoms with van der Waals surface area (Å²) in [7, 11) is -2.21. The van der Waals surface area contributed by atoms with Gasteiger partial charge in [0.1, 0.15) is 5.01 Å². The number of aryl methyl sites for hydroxylation is 2. The maximum Gasteiger partial charge on any atom is 0.349 e. The third kappa shape index (κ3) is 3.95. The predicted octanol–water partition coefficient (Wildman–Crippen LogP) is 4.70. The minimum atomic E-state index is -3.55. The maximum atomic E-state index is 13.4. The van der Waals surface area contributed by atoms with Gasteiger partial charge in [0.05, 0.1) is 5.30 Å². The third-order valence-electron chi connectivity index (χ3n) is 4.02. The number of aromatic carboxylic acids is 1. The smallest absolute Gasteiger partial charge is 0.349 e. The fraction of sp³-hybridized carbons (Fsp3) is 0.158. The summed E-state index contributed by atoms with van der Waals surface area (Å²) in [5.74, 6) is -1.10. The molecule has 0 amide bonds. The Morgan fingerprint density at radius 1 is 1.19 bits per heavy atom. The second-order valence-electron chi connectivity index (χ2n) is 6.00. The molecule has 1 unspecified atom stereocenters. The van der Waals surface area contributed by atoms with Crippen molar-refractivity contribution in [1.29, 1.82) is 0 Å². The average molecular weight is 402 g/mol. The highest BCUT2D eigenvalue weighted by Crippen LogP contribution is 2.47. The highest BCUT2D eigenvalue weighted by atomic mass is 32.1. The molecular weight excluding hydrogens is 383 g/mol. The lowest BCUT2D eigenvalue weighted by molar-refractivity contribution is 0.0703. The van der Waals surface area contributed by atoms with Crippen molar-refractivity contribution in [3.63, 3.8) is 0 Å². The molecule has 1 aromatic heterocycles. The van der Waals surface area contributed by atoms with E-state index in [1.807, 2.05) is 56.3 Å². The summed E-state index contributed by atoms with van der Waals surface area (Å²) in [6.45, 7) is 3.78. The van der Waals surface area contributed by atoms with Crippen LogP contribution in [0.5, 0.6) is 0 Å². The highest BCUT2D eigenvalue weighted by Gasteiger charge is 2.30. The number of thiazole rings is 1. The molecule has 8 heteroatoms. The zero-order valence-corrected chi connectivity index (χ0v) is 16.8. The van der Waals surface area contributed by atoms with Gasteiger partial charge in [0.2, 0.25) is 0 Å². The molecule has 0 spiro atoms. The van der Waals surface area contributed by atoms with E-state index in [4.69, 9.17) is 4.52 Å². The molecule has 140 valence electrons. The van der Waals surface area contributed by atoms with Gasteiger partial charge < -0.3 is 9.63 Å². The largest absolute Gasteiger partial charge is 0.477 e. The van der Waals surface area contributed by atoms with Crippen molar-refractivity contribution >= 4 is 35.9 Å². The van der Waals surface area contributed by atoms with Gasteiger partial charge in [0.25, 0.3) is 0 Å². The molecule has 27 heavy (non-hydrogen) atoms. The average Bonchev–Trinajstić information content (AvgIpc) is 3.06. The summed E-state index contributed by atoms with van der Waals surface area (Å²) in [5, 5.41) is 13.3. The molecule has 0 radical (unpaired) electrons. The van der Waals surface area contributed by atoms with Gasteiger partial charge in [-0.15, -0.1) is 11.3 Å². The molecule has 0 saturated heterocycles. The number of anilines is 1. The molecule has 2 N–H and O–H groups in total. The molecule has 3 rings (SSSR count). The summed E-state index contributed by atoms with van der Waals surface area (Å²) in [5.41, 5.74) is 2.62. The number of carboxylic acid groups (broad SMARTS) is 1. The molecule has 3 aromatic rings. The number of aromatic nitrogens is 1. The fourth-order valence-corrected chi connectivity index (χ4v) is 5.31. The Morgan fingerprint density at radius 3 is 2.48 bits per heavy atom. The minimum Gasteiger partial charge on any atom is -0.477 e. The number of benzene rings is 2. The number of nitrogens with one attached hydrogen (secondary N) is 1. The zero-order chi connectivity index (χ0) is 19.6. The van der Waals surface area contributed by atoms with Crippen molar-refractivity contribution < 1.29 is 19.0 Å². The van der Waals surface area contributed by atoms with Crippen LogP contribution in [0.25, 0.3) is 10.6 Å². The zero-order valence-electron chi connectivity index (χ0n) is 15.1. The SMILES string of the molecule is COP(=O)(Nc1nc(-c2ccccc2)sc1C(=O)O)c1ccc(C)cc1C. The third-order valence-corrected chi connectivity index (χ3v) is 7.27. The van der Waals surface area contributed by atoms with E-state index in [2.05, 4.69) is 10.1 Å². The Bertz CT molecular complexity index is 1030. The number of carbonyl (C=O) groups is 1. The molecule has 2 aromatic carbocycles. The Hall–Kier alpha value is -2.47. The van der Waals surface area contributed by atoms with Gasteiger partial charge in [0, 0.05) is 12.7 Å². The van der Waals surface area contributed by atoms with Crippen LogP contribution in [-0.4, -0.2) is 23.2 Å². The van der Waals surface area contributed by atoms with Gasteiger partial charge in [-0.1, -0.05) is 48.0 Å². The van der Waals surface area contributed by atoms with Gasteiger partial charge in [-0.25, -0.2) is 9.78 Å². The van der Waals surface area contributed by atoms with Crippen molar-refractivity contribution in [2.75, 3.05) is 12.2 Å². The summed E-state index contributed by atoms with van der Waals surface area (Å²) >= 11 is 1.02. The standard InChI is InChI=1S/C19H19N2O4PS/c1-12-9-10-15(13(2)11-12)26(24,25-3)21-17-16(19(22)23)27-18(20-17)14-7-5-4-6-8-14/h4-11H,1-3H3,(H,21,24)(H,22,23).